The quantitative estimate of drug-likeness (QED) is 0.544. The van der Waals surface area contributed by atoms with Gasteiger partial charge in [0.2, 0.25) is 5.95 Å². The molecule has 2 heterocycles. The van der Waals surface area contributed by atoms with E-state index in [1.165, 1.54) is 23.1 Å². The molecule has 1 aliphatic carbocycles. The molecule has 0 amide bonds. The van der Waals surface area contributed by atoms with E-state index in [1.807, 2.05) is 6.20 Å². The summed E-state index contributed by atoms with van der Waals surface area (Å²) < 4.78 is 0. The highest BCUT2D eigenvalue weighted by molar-refractivity contribution is 5.88. The zero-order valence-electron chi connectivity index (χ0n) is 17.7. The average molecular weight is 378 g/mol. The van der Waals surface area contributed by atoms with Gasteiger partial charge in [-0.15, -0.1) is 0 Å². The van der Waals surface area contributed by atoms with Crippen LogP contribution in [0.5, 0.6) is 0 Å². The van der Waals surface area contributed by atoms with E-state index in [9.17, 15) is 0 Å². The second kappa shape index (κ2) is 7.12. The summed E-state index contributed by atoms with van der Waals surface area (Å²) in [6.45, 7) is 13.5. The highest BCUT2D eigenvalue weighted by Gasteiger charge is 2.35. The lowest BCUT2D eigenvalue weighted by Crippen LogP contribution is -2.24. The van der Waals surface area contributed by atoms with Gasteiger partial charge in [0.05, 0.1) is 5.39 Å². The summed E-state index contributed by atoms with van der Waals surface area (Å²) in [5, 5.41) is 8.21. The van der Waals surface area contributed by atoms with E-state index >= 15 is 0 Å². The highest BCUT2D eigenvalue weighted by atomic mass is 15.2. The van der Waals surface area contributed by atoms with Crippen LogP contribution in [0.2, 0.25) is 0 Å². The first-order valence-electron chi connectivity index (χ1n) is 10.3. The summed E-state index contributed by atoms with van der Waals surface area (Å²) >= 11 is 0. The third-order valence-electron chi connectivity index (χ3n) is 7.03. The Hall–Kier alpha value is -2.56. The van der Waals surface area contributed by atoms with Gasteiger partial charge in [-0.3, -0.25) is 0 Å². The van der Waals surface area contributed by atoms with Crippen molar-refractivity contribution >= 4 is 28.5 Å². The number of aromatic amines is 1. The number of fused-ring (bicyclic) bond motifs is 1. The molecule has 1 fully saturated rings. The maximum Gasteiger partial charge on any atom is 0.231 e. The number of hydrogen-bond donors (Lipinski definition) is 3. The van der Waals surface area contributed by atoms with Crippen LogP contribution in [-0.2, 0) is 0 Å². The standard InChI is InChI=1S/C23H31N5/c1-12-7-8-19(16(5)14(12)3)26-23-27-21-18(9-10-24-21)22(28-23)25-20-11-13(2)15(4)17(20)6/h7-10,13,15,17,20H,11H2,1-6H3,(H3,24,25,26,27,28). The maximum absolute atomic E-state index is 4.86. The van der Waals surface area contributed by atoms with Crippen LogP contribution in [0.15, 0.2) is 24.4 Å². The fourth-order valence-electron chi connectivity index (χ4n) is 4.40. The molecule has 0 aliphatic heterocycles. The van der Waals surface area contributed by atoms with Crippen LogP contribution in [-0.4, -0.2) is 21.0 Å². The van der Waals surface area contributed by atoms with Gasteiger partial charge in [-0.1, -0.05) is 26.8 Å². The van der Waals surface area contributed by atoms with Crippen LogP contribution in [0.3, 0.4) is 0 Å². The molecule has 28 heavy (non-hydrogen) atoms. The van der Waals surface area contributed by atoms with E-state index < -0.39 is 0 Å². The Kier molecular flexibility index (Phi) is 4.77. The molecule has 2 aromatic heterocycles. The summed E-state index contributed by atoms with van der Waals surface area (Å²) in [6.07, 6.45) is 3.11. The number of hydrogen-bond acceptors (Lipinski definition) is 4. The van der Waals surface area contributed by atoms with E-state index in [4.69, 9.17) is 9.97 Å². The molecule has 148 valence electrons. The zero-order valence-corrected chi connectivity index (χ0v) is 17.7. The number of nitrogens with zero attached hydrogens (tertiary/aromatic N) is 2. The van der Waals surface area contributed by atoms with Gasteiger partial charge in [-0.05, 0) is 73.8 Å². The van der Waals surface area contributed by atoms with Crippen LogP contribution in [0.25, 0.3) is 11.0 Å². The second-order valence-corrected chi connectivity index (χ2v) is 8.62. The number of nitrogens with one attached hydrogen (secondary N) is 3. The zero-order chi connectivity index (χ0) is 20.0. The Morgan fingerprint density at radius 3 is 2.46 bits per heavy atom. The Balaban J connectivity index is 1.67. The van der Waals surface area contributed by atoms with Gasteiger partial charge in [-0.2, -0.15) is 9.97 Å². The van der Waals surface area contributed by atoms with Gasteiger partial charge < -0.3 is 15.6 Å². The van der Waals surface area contributed by atoms with Crippen molar-refractivity contribution in [3.63, 3.8) is 0 Å². The van der Waals surface area contributed by atoms with Gasteiger partial charge in [0, 0.05) is 17.9 Å². The molecule has 0 bridgehead atoms. The molecule has 5 heteroatoms. The van der Waals surface area contributed by atoms with Crippen molar-refractivity contribution in [2.75, 3.05) is 10.6 Å². The van der Waals surface area contributed by atoms with Gasteiger partial charge in [0.1, 0.15) is 11.5 Å². The van der Waals surface area contributed by atoms with E-state index in [1.54, 1.807) is 0 Å². The Labute approximate surface area is 167 Å². The molecular formula is C23H31N5. The van der Waals surface area contributed by atoms with Crippen molar-refractivity contribution in [3.05, 3.63) is 41.1 Å². The Morgan fingerprint density at radius 2 is 1.75 bits per heavy atom. The van der Waals surface area contributed by atoms with Gasteiger partial charge in [0.15, 0.2) is 0 Å². The fraction of sp³-hybridized carbons (Fsp3) is 0.478. The minimum atomic E-state index is 0.439. The molecule has 3 N–H and O–H groups in total. The topological polar surface area (TPSA) is 65.6 Å². The van der Waals surface area contributed by atoms with Crippen molar-refractivity contribution in [3.8, 4) is 0 Å². The predicted molar refractivity (Wildman–Crippen MR) is 117 cm³/mol. The first-order chi connectivity index (χ1) is 13.3. The first kappa shape index (κ1) is 18.8. The van der Waals surface area contributed by atoms with Crippen LogP contribution >= 0.6 is 0 Å². The number of H-pyrrole nitrogens is 1. The third-order valence-corrected chi connectivity index (χ3v) is 7.03. The fourth-order valence-corrected chi connectivity index (χ4v) is 4.40. The minimum absolute atomic E-state index is 0.439. The van der Waals surface area contributed by atoms with Crippen molar-refractivity contribution in [1.29, 1.82) is 0 Å². The molecule has 4 unspecified atom stereocenters. The smallest absolute Gasteiger partial charge is 0.231 e. The molecule has 4 atom stereocenters. The second-order valence-electron chi connectivity index (χ2n) is 8.62. The number of rotatable bonds is 4. The Bertz CT molecular complexity index is 1010. The number of anilines is 3. The van der Waals surface area contributed by atoms with Crippen molar-refractivity contribution < 1.29 is 0 Å². The first-order valence-corrected chi connectivity index (χ1v) is 10.3. The van der Waals surface area contributed by atoms with Crippen molar-refractivity contribution in [2.24, 2.45) is 17.8 Å². The van der Waals surface area contributed by atoms with E-state index in [0.29, 0.717) is 17.9 Å². The van der Waals surface area contributed by atoms with Crippen LogP contribution < -0.4 is 10.6 Å². The number of aromatic nitrogens is 3. The van der Waals surface area contributed by atoms with Gasteiger partial charge >= 0.3 is 0 Å². The summed E-state index contributed by atoms with van der Waals surface area (Å²) in [4.78, 5) is 12.8. The Morgan fingerprint density at radius 1 is 0.964 bits per heavy atom. The van der Waals surface area contributed by atoms with Crippen molar-refractivity contribution in [1.82, 2.24) is 15.0 Å². The number of benzene rings is 1. The largest absolute Gasteiger partial charge is 0.366 e. The summed E-state index contributed by atoms with van der Waals surface area (Å²) in [5.41, 5.74) is 5.73. The van der Waals surface area contributed by atoms with Crippen LogP contribution in [0.4, 0.5) is 17.5 Å². The highest BCUT2D eigenvalue weighted by Crippen LogP contribution is 2.38. The average Bonchev–Trinajstić information content (AvgIpc) is 3.23. The lowest BCUT2D eigenvalue weighted by Gasteiger charge is -2.21. The van der Waals surface area contributed by atoms with E-state index in [2.05, 4.69) is 75.4 Å². The van der Waals surface area contributed by atoms with E-state index in [0.717, 1.165) is 34.4 Å². The molecule has 5 nitrogen and oxygen atoms in total. The molecule has 0 radical (unpaired) electrons. The van der Waals surface area contributed by atoms with Gasteiger partial charge in [0.25, 0.3) is 0 Å². The molecule has 3 aromatic rings. The van der Waals surface area contributed by atoms with Crippen molar-refractivity contribution in [2.45, 2.75) is 54.0 Å². The third kappa shape index (κ3) is 3.23. The maximum atomic E-state index is 4.86. The molecular weight excluding hydrogens is 346 g/mol. The SMILES string of the molecule is Cc1ccc(Nc2nc(NC3CC(C)C(C)C3C)c3cc[nH]c3n2)c(C)c1C. The van der Waals surface area contributed by atoms with Gasteiger partial charge in [-0.25, -0.2) is 0 Å². The van der Waals surface area contributed by atoms with Crippen LogP contribution in [0, 0.1) is 38.5 Å². The molecule has 1 saturated carbocycles. The summed E-state index contributed by atoms with van der Waals surface area (Å²) in [5.74, 6) is 3.60. The normalized spacial score (nSPS) is 24.6. The number of aryl methyl sites for hydroxylation is 1. The summed E-state index contributed by atoms with van der Waals surface area (Å²) in [6, 6.07) is 6.74. The molecule has 1 aliphatic rings. The monoisotopic (exact) mass is 377 g/mol. The molecule has 1 aromatic carbocycles. The lowest BCUT2D eigenvalue weighted by atomic mass is 9.93. The summed E-state index contributed by atoms with van der Waals surface area (Å²) in [7, 11) is 0. The molecule has 0 saturated heterocycles. The molecule has 4 rings (SSSR count). The predicted octanol–water partition coefficient (Wildman–Crippen LogP) is 5.72. The molecule has 0 spiro atoms. The van der Waals surface area contributed by atoms with Crippen LogP contribution in [0.1, 0.15) is 43.9 Å². The van der Waals surface area contributed by atoms with E-state index in [-0.39, 0.29) is 0 Å². The lowest BCUT2D eigenvalue weighted by molar-refractivity contribution is 0.374. The minimum Gasteiger partial charge on any atom is -0.366 e.